The van der Waals surface area contributed by atoms with E-state index in [4.69, 9.17) is 0 Å². The first-order chi connectivity index (χ1) is 4.54. The SMILES string of the molecule is CC(=O)SC[C@@H](C)C(=O)[O-]. The van der Waals surface area contributed by atoms with Crippen LogP contribution in [0.2, 0.25) is 0 Å². The lowest BCUT2D eigenvalue weighted by atomic mass is 10.2. The molecule has 58 valence electrons. The fourth-order valence-corrected chi connectivity index (χ4v) is 0.931. The minimum absolute atomic E-state index is 0.0619. The largest absolute Gasteiger partial charge is 0.550 e. The van der Waals surface area contributed by atoms with Gasteiger partial charge < -0.3 is 9.90 Å². The molecule has 0 aliphatic carbocycles. The molecule has 0 saturated heterocycles. The summed E-state index contributed by atoms with van der Waals surface area (Å²) in [6.45, 7) is 2.93. The van der Waals surface area contributed by atoms with Crippen LogP contribution in [0, 0.1) is 5.92 Å². The molecule has 10 heavy (non-hydrogen) atoms. The van der Waals surface area contributed by atoms with E-state index in [1.807, 2.05) is 0 Å². The van der Waals surface area contributed by atoms with E-state index in [0.29, 0.717) is 5.75 Å². The number of carbonyl (C=O) groups excluding carboxylic acids is 2. The molecule has 3 nitrogen and oxygen atoms in total. The minimum atomic E-state index is -1.10. The van der Waals surface area contributed by atoms with E-state index in [0.717, 1.165) is 11.8 Å². The van der Waals surface area contributed by atoms with Gasteiger partial charge in [-0.2, -0.15) is 0 Å². The summed E-state index contributed by atoms with van der Waals surface area (Å²) in [6.07, 6.45) is 0. The van der Waals surface area contributed by atoms with E-state index >= 15 is 0 Å². The third kappa shape index (κ3) is 4.38. The Morgan fingerprint density at radius 3 is 2.40 bits per heavy atom. The van der Waals surface area contributed by atoms with Gasteiger partial charge in [0.1, 0.15) is 0 Å². The molecule has 0 aromatic rings. The molecule has 4 heteroatoms. The molecule has 0 spiro atoms. The van der Waals surface area contributed by atoms with E-state index < -0.39 is 11.9 Å². The summed E-state index contributed by atoms with van der Waals surface area (Å²) in [5, 5.41) is 10.0. The predicted octanol–water partition coefficient (Wildman–Crippen LogP) is -0.348. The number of aliphatic carboxylic acids is 1. The molecule has 0 bridgehead atoms. The zero-order chi connectivity index (χ0) is 8.15. The highest BCUT2D eigenvalue weighted by Gasteiger charge is 2.03. The zero-order valence-electron chi connectivity index (χ0n) is 5.92. The van der Waals surface area contributed by atoms with Gasteiger partial charge in [0.15, 0.2) is 5.12 Å². The third-order valence-electron chi connectivity index (χ3n) is 0.939. The van der Waals surface area contributed by atoms with Crippen LogP contribution in [0.4, 0.5) is 0 Å². The van der Waals surface area contributed by atoms with Gasteiger partial charge in [-0.1, -0.05) is 18.7 Å². The van der Waals surface area contributed by atoms with Gasteiger partial charge in [-0.15, -0.1) is 0 Å². The van der Waals surface area contributed by atoms with Crippen molar-refractivity contribution in [2.24, 2.45) is 5.92 Å². The Labute approximate surface area is 63.8 Å². The number of hydrogen-bond acceptors (Lipinski definition) is 4. The summed E-state index contributed by atoms with van der Waals surface area (Å²) in [5.41, 5.74) is 0. The second-order valence-electron chi connectivity index (χ2n) is 2.02. The Morgan fingerprint density at radius 2 is 2.10 bits per heavy atom. The molecule has 0 rings (SSSR count). The second-order valence-corrected chi connectivity index (χ2v) is 3.22. The smallest absolute Gasteiger partial charge is 0.185 e. The summed E-state index contributed by atoms with van der Waals surface area (Å²) in [6, 6.07) is 0. The fraction of sp³-hybridized carbons (Fsp3) is 0.667. The quantitative estimate of drug-likeness (QED) is 0.567. The Bertz CT molecular complexity index is 144. The lowest BCUT2D eigenvalue weighted by Crippen LogP contribution is -2.30. The molecule has 0 aliphatic rings. The molecule has 0 fully saturated rings. The van der Waals surface area contributed by atoms with Crippen molar-refractivity contribution in [2.45, 2.75) is 13.8 Å². The van der Waals surface area contributed by atoms with Gasteiger partial charge in [0.25, 0.3) is 0 Å². The van der Waals surface area contributed by atoms with Crippen molar-refractivity contribution in [2.75, 3.05) is 5.75 Å². The van der Waals surface area contributed by atoms with Gasteiger partial charge in [-0.3, -0.25) is 4.79 Å². The van der Waals surface area contributed by atoms with Crippen LogP contribution in [0.3, 0.4) is 0 Å². The number of carboxylic acid groups (broad SMARTS) is 1. The van der Waals surface area contributed by atoms with Crippen molar-refractivity contribution in [1.82, 2.24) is 0 Å². The summed E-state index contributed by atoms with van der Waals surface area (Å²) in [7, 11) is 0. The van der Waals surface area contributed by atoms with Gasteiger partial charge in [-0.05, 0) is 0 Å². The molecule has 0 N–H and O–H groups in total. The van der Waals surface area contributed by atoms with E-state index in [-0.39, 0.29) is 5.12 Å². The first-order valence-corrected chi connectivity index (χ1v) is 3.87. The van der Waals surface area contributed by atoms with E-state index in [9.17, 15) is 14.7 Å². The number of thioether (sulfide) groups is 1. The average molecular weight is 161 g/mol. The Hall–Kier alpha value is -0.510. The number of carbonyl (C=O) groups is 2. The molecule has 0 saturated carbocycles. The second kappa shape index (κ2) is 4.33. The molecule has 0 amide bonds. The van der Waals surface area contributed by atoms with Crippen LogP contribution in [-0.4, -0.2) is 16.8 Å². The molecular formula is C6H9O3S-. The summed E-state index contributed by atoms with van der Waals surface area (Å²) in [4.78, 5) is 20.4. The highest BCUT2D eigenvalue weighted by atomic mass is 32.2. The van der Waals surface area contributed by atoms with Gasteiger partial charge in [-0.25, -0.2) is 0 Å². The van der Waals surface area contributed by atoms with Crippen LogP contribution < -0.4 is 5.11 Å². The van der Waals surface area contributed by atoms with Crippen LogP contribution in [0.1, 0.15) is 13.8 Å². The lowest BCUT2D eigenvalue weighted by Gasteiger charge is -2.09. The Kier molecular flexibility index (Phi) is 4.11. The first-order valence-electron chi connectivity index (χ1n) is 2.88. The van der Waals surface area contributed by atoms with Crippen LogP contribution >= 0.6 is 11.8 Å². The molecule has 1 atom stereocenters. The molecule has 0 aromatic heterocycles. The fourth-order valence-electron chi connectivity index (χ4n) is 0.310. The molecule has 0 heterocycles. The maximum absolute atomic E-state index is 10.3. The van der Waals surface area contributed by atoms with Crippen LogP contribution in [0.25, 0.3) is 0 Å². The van der Waals surface area contributed by atoms with E-state index in [1.54, 1.807) is 0 Å². The summed E-state index contributed by atoms with van der Waals surface area (Å²) in [5.74, 6) is -1.35. The summed E-state index contributed by atoms with van der Waals surface area (Å²) >= 11 is 1.01. The highest BCUT2D eigenvalue weighted by Crippen LogP contribution is 2.07. The maximum atomic E-state index is 10.3. The van der Waals surface area contributed by atoms with Crippen molar-refractivity contribution in [3.05, 3.63) is 0 Å². The average Bonchev–Trinajstić information content (AvgIpc) is 1.82. The van der Waals surface area contributed by atoms with E-state index in [1.165, 1.54) is 13.8 Å². The van der Waals surface area contributed by atoms with Gasteiger partial charge in [0.05, 0.1) is 0 Å². The normalized spacial score (nSPS) is 12.6. The highest BCUT2D eigenvalue weighted by molar-refractivity contribution is 8.13. The predicted molar refractivity (Wildman–Crippen MR) is 37.3 cm³/mol. The number of carboxylic acids is 1. The van der Waals surface area contributed by atoms with Crippen molar-refractivity contribution in [1.29, 1.82) is 0 Å². The van der Waals surface area contributed by atoms with Crippen molar-refractivity contribution < 1.29 is 14.7 Å². The third-order valence-corrected chi connectivity index (χ3v) is 2.01. The topological polar surface area (TPSA) is 57.2 Å². The van der Waals surface area contributed by atoms with Crippen molar-refractivity contribution in [3.8, 4) is 0 Å². The van der Waals surface area contributed by atoms with Gasteiger partial charge in [0, 0.05) is 24.6 Å². The Balaban J connectivity index is 3.49. The van der Waals surface area contributed by atoms with E-state index in [2.05, 4.69) is 0 Å². The van der Waals surface area contributed by atoms with Crippen LogP contribution in [0.5, 0.6) is 0 Å². The summed E-state index contributed by atoms with van der Waals surface area (Å²) < 4.78 is 0. The first kappa shape index (κ1) is 9.49. The van der Waals surface area contributed by atoms with Gasteiger partial charge >= 0.3 is 0 Å². The zero-order valence-corrected chi connectivity index (χ0v) is 6.73. The molecule has 0 aromatic carbocycles. The number of hydrogen-bond donors (Lipinski definition) is 0. The van der Waals surface area contributed by atoms with Crippen LogP contribution in [0.15, 0.2) is 0 Å². The number of rotatable bonds is 3. The molecule has 0 aliphatic heterocycles. The maximum Gasteiger partial charge on any atom is 0.185 e. The minimum Gasteiger partial charge on any atom is -0.550 e. The lowest BCUT2D eigenvalue weighted by molar-refractivity contribution is -0.310. The molecule has 0 radical (unpaired) electrons. The monoisotopic (exact) mass is 161 g/mol. The van der Waals surface area contributed by atoms with Crippen molar-refractivity contribution >= 4 is 22.8 Å². The molecular weight excluding hydrogens is 152 g/mol. The van der Waals surface area contributed by atoms with Crippen LogP contribution in [-0.2, 0) is 9.59 Å². The van der Waals surface area contributed by atoms with Crippen molar-refractivity contribution in [3.63, 3.8) is 0 Å². The Morgan fingerprint density at radius 1 is 1.60 bits per heavy atom. The molecule has 0 unspecified atom stereocenters. The van der Waals surface area contributed by atoms with Gasteiger partial charge in [0.2, 0.25) is 0 Å². The standard InChI is InChI=1S/C6H10O3S/c1-4(6(8)9)3-10-5(2)7/h4H,3H2,1-2H3,(H,8,9)/p-1/t4-/m1/s1.